The molecule has 1 aliphatic carbocycles. The molecule has 0 aromatic rings. The highest BCUT2D eigenvalue weighted by Crippen LogP contribution is 2.30. The highest BCUT2D eigenvalue weighted by Gasteiger charge is 2.25. The van der Waals surface area contributed by atoms with Crippen molar-refractivity contribution < 1.29 is 4.79 Å². The standard InChI is InChI=1S/C13H25NO/c1-10-5-4-6-11(9-10)12(15)7-8-13(2,3)14/h10-11H,4-9,14H2,1-3H3. The van der Waals surface area contributed by atoms with Crippen molar-refractivity contribution in [3.63, 3.8) is 0 Å². The molecular weight excluding hydrogens is 186 g/mol. The van der Waals surface area contributed by atoms with E-state index in [2.05, 4.69) is 6.92 Å². The maximum absolute atomic E-state index is 11.9. The van der Waals surface area contributed by atoms with E-state index in [-0.39, 0.29) is 5.54 Å². The number of carbonyl (C=O) groups is 1. The number of hydrogen-bond acceptors (Lipinski definition) is 2. The minimum absolute atomic E-state index is 0.198. The van der Waals surface area contributed by atoms with Gasteiger partial charge in [0.2, 0.25) is 0 Å². The van der Waals surface area contributed by atoms with Crippen LogP contribution >= 0.6 is 0 Å². The first-order valence-corrected chi connectivity index (χ1v) is 6.20. The van der Waals surface area contributed by atoms with Crippen LogP contribution in [-0.4, -0.2) is 11.3 Å². The molecule has 0 aliphatic heterocycles. The highest BCUT2D eigenvalue weighted by atomic mass is 16.1. The molecule has 2 N–H and O–H groups in total. The zero-order chi connectivity index (χ0) is 11.5. The van der Waals surface area contributed by atoms with Gasteiger partial charge in [-0.3, -0.25) is 4.79 Å². The summed E-state index contributed by atoms with van der Waals surface area (Å²) in [5.41, 5.74) is 5.69. The first-order chi connectivity index (χ1) is 6.88. The molecule has 2 unspecified atom stereocenters. The fraction of sp³-hybridized carbons (Fsp3) is 0.923. The van der Waals surface area contributed by atoms with Gasteiger partial charge in [0.15, 0.2) is 0 Å². The lowest BCUT2D eigenvalue weighted by Gasteiger charge is -2.26. The van der Waals surface area contributed by atoms with E-state index >= 15 is 0 Å². The minimum atomic E-state index is -0.198. The Morgan fingerprint density at radius 2 is 2.07 bits per heavy atom. The minimum Gasteiger partial charge on any atom is -0.326 e. The van der Waals surface area contributed by atoms with E-state index in [1.807, 2.05) is 13.8 Å². The Bertz CT molecular complexity index is 217. The maximum atomic E-state index is 11.9. The van der Waals surface area contributed by atoms with Crippen LogP contribution in [0.1, 0.15) is 59.3 Å². The van der Waals surface area contributed by atoms with Gasteiger partial charge in [0.05, 0.1) is 0 Å². The van der Waals surface area contributed by atoms with Crippen molar-refractivity contribution in [1.29, 1.82) is 0 Å². The molecule has 0 saturated heterocycles. The van der Waals surface area contributed by atoms with Crippen molar-refractivity contribution in [2.45, 2.75) is 64.8 Å². The molecular formula is C13H25NO. The number of hydrogen-bond donors (Lipinski definition) is 1. The van der Waals surface area contributed by atoms with Crippen LogP contribution in [0.5, 0.6) is 0 Å². The number of Topliss-reactive ketones (excluding diaryl/α,β-unsaturated/α-hetero) is 1. The molecule has 0 heterocycles. The lowest BCUT2D eigenvalue weighted by atomic mass is 9.78. The smallest absolute Gasteiger partial charge is 0.136 e. The Balaban J connectivity index is 2.33. The van der Waals surface area contributed by atoms with Crippen LogP contribution in [0.4, 0.5) is 0 Å². The van der Waals surface area contributed by atoms with Crippen LogP contribution in [0.15, 0.2) is 0 Å². The summed E-state index contributed by atoms with van der Waals surface area (Å²) >= 11 is 0. The van der Waals surface area contributed by atoms with E-state index < -0.39 is 0 Å². The average molecular weight is 211 g/mol. The molecule has 2 nitrogen and oxygen atoms in total. The van der Waals surface area contributed by atoms with Crippen molar-refractivity contribution in [3.05, 3.63) is 0 Å². The topological polar surface area (TPSA) is 43.1 Å². The van der Waals surface area contributed by atoms with Gasteiger partial charge in [-0.2, -0.15) is 0 Å². The molecule has 0 bridgehead atoms. The summed E-state index contributed by atoms with van der Waals surface area (Å²) in [6.45, 7) is 6.24. The molecule has 0 radical (unpaired) electrons. The van der Waals surface area contributed by atoms with Gasteiger partial charge in [-0.05, 0) is 39.0 Å². The third-order valence-electron chi connectivity index (χ3n) is 3.41. The Kier molecular flexibility index (Phi) is 4.32. The lowest BCUT2D eigenvalue weighted by Crippen LogP contribution is -2.33. The zero-order valence-electron chi connectivity index (χ0n) is 10.4. The van der Waals surface area contributed by atoms with Crippen molar-refractivity contribution in [2.24, 2.45) is 17.6 Å². The molecule has 0 amide bonds. The summed E-state index contributed by atoms with van der Waals surface area (Å²) in [5, 5.41) is 0. The van der Waals surface area contributed by atoms with Gasteiger partial charge >= 0.3 is 0 Å². The molecule has 1 saturated carbocycles. The van der Waals surface area contributed by atoms with E-state index in [1.54, 1.807) is 0 Å². The predicted molar refractivity (Wildman–Crippen MR) is 63.6 cm³/mol. The Morgan fingerprint density at radius 1 is 1.40 bits per heavy atom. The third-order valence-corrected chi connectivity index (χ3v) is 3.41. The zero-order valence-corrected chi connectivity index (χ0v) is 10.4. The second-order valence-corrected chi connectivity index (χ2v) is 5.92. The van der Waals surface area contributed by atoms with Crippen molar-refractivity contribution in [1.82, 2.24) is 0 Å². The third kappa shape index (κ3) is 4.78. The van der Waals surface area contributed by atoms with Crippen LogP contribution in [0.2, 0.25) is 0 Å². The quantitative estimate of drug-likeness (QED) is 0.777. The van der Waals surface area contributed by atoms with Crippen LogP contribution in [0.25, 0.3) is 0 Å². The molecule has 2 atom stereocenters. The van der Waals surface area contributed by atoms with E-state index in [1.165, 1.54) is 12.8 Å². The Morgan fingerprint density at radius 3 is 2.60 bits per heavy atom. The Hall–Kier alpha value is -0.370. The van der Waals surface area contributed by atoms with Gasteiger partial charge < -0.3 is 5.73 Å². The summed E-state index contributed by atoms with van der Waals surface area (Å²) in [6, 6.07) is 0. The fourth-order valence-electron chi connectivity index (χ4n) is 2.38. The number of ketones is 1. The van der Waals surface area contributed by atoms with Crippen molar-refractivity contribution in [3.8, 4) is 0 Å². The molecule has 1 fully saturated rings. The summed E-state index contributed by atoms with van der Waals surface area (Å²) in [4.78, 5) is 11.9. The normalized spacial score (nSPS) is 27.7. The van der Waals surface area contributed by atoms with Crippen molar-refractivity contribution >= 4 is 5.78 Å². The molecule has 0 aromatic carbocycles. The van der Waals surface area contributed by atoms with E-state index in [0.717, 1.165) is 25.2 Å². The van der Waals surface area contributed by atoms with Crippen molar-refractivity contribution in [2.75, 3.05) is 0 Å². The average Bonchev–Trinajstić information content (AvgIpc) is 2.13. The SMILES string of the molecule is CC1CCCC(C(=O)CCC(C)(C)N)C1. The summed E-state index contributed by atoms with van der Waals surface area (Å²) in [6.07, 6.45) is 6.21. The van der Waals surface area contributed by atoms with E-state index in [0.29, 0.717) is 18.1 Å². The monoisotopic (exact) mass is 211 g/mol. The van der Waals surface area contributed by atoms with E-state index in [9.17, 15) is 4.79 Å². The van der Waals surface area contributed by atoms with Gasteiger partial charge in [0.25, 0.3) is 0 Å². The maximum Gasteiger partial charge on any atom is 0.136 e. The van der Waals surface area contributed by atoms with E-state index in [4.69, 9.17) is 5.73 Å². The molecule has 1 rings (SSSR count). The van der Waals surface area contributed by atoms with Gasteiger partial charge in [0.1, 0.15) is 5.78 Å². The summed E-state index contributed by atoms with van der Waals surface area (Å²) in [7, 11) is 0. The second-order valence-electron chi connectivity index (χ2n) is 5.92. The van der Waals surface area contributed by atoms with Gasteiger partial charge in [-0.25, -0.2) is 0 Å². The largest absolute Gasteiger partial charge is 0.326 e. The summed E-state index contributed by atoms with van der Waals surface area (Å²) < 4.78 is 0. The second kappa shape index (κ2) is 5.11. The molecule has 1 aliphatic rings. The number of carbonyl (C=O) groups excluding carboxylic acids is 1. The molecule has 2 heteroatoms. The molecule has 0 aromatic heterocycles. The van der Waals surface area contributed by atoms with Crippen LogP contribution < -0.4 is 5.73 Å². The van der Waals surface area contributed by atoms with Gasteiger partial charge in [-0.1, -0.05) is 19.8 Å². The highest BCUT2D eigenvalue weighted by molar-refractivity contribution is 5.81. The molecule has 15 heavy (non-hydrogen) atoms. The first-order valence-electron chi connectivity index (χ1n) is 6.20. The van der Waals surface area contributed by atoms with Gasteiger partial charge in [0, 0.05) is 17.9 Å². The first kappa shape index (κ1) is 12.7. The van der Waals surface area contributed by atoms with Crippen LogP contribution in [0, 0.1) is 11.8 Å². The van der Waals surface area contributed by atoms with Crippen LogP contribution in [-0.2, 0) is 4.79 Å². The summed E-state index contributed by atoms with van der Waals surface area (Å²) in [5.74, 6) is 1.51. The number of rotatable bonds is 4. The lowest BCUT2D eigenvalue weighted by molar-refractivity contribution is -0.124. The molecule has 88 valence electrons. The van der Waals surface area contributed by atoms with Gasteiger partial charge in [-0.15, -0.1) is 0 Å². The number of nitrogens with two attached hydrogens (primary N) is 1. The fourth-order valence-corrected chi connectivity index (χ4v) is 2.38. The predicted octanol–water partition coefficient (Wildman–Crippen LogP) is 2.90. The molecule has 0 spiro atoms. The van der Waals surface area contributed by atoms with Crippen LogP contribution in [0.3, 0.4) is 0 Å². The Labute approximate surface area is 93.6 Å².